The fourth-order valence-corrected chi connectivity index (χ4v) is 4.12. The van der Waals surface area contributed by atoms with Crippen LogP contribution in [0.25, 0.3) is 0 Å². The summed E-state index contributed by atoms with van der Waals surface area (Å²) in [6, 6.07) is 5.24. The third-order valence-electron chi connectivity index (χ3n) is 4.96. The topological polar surface area (TPSA) is 40.6 Å². The summed E-state index contributed by atoms with van der Waals surface area (Å²) in [7, 11) is 0. The Morgan fingerprint density at radius 3 is 2.33 bits per heavy atom. The number of amides is 2. The van der Waals surface area contributed by atoms with E-state index in [9.17, 15) is 9.59 Å². The van der Waals surface area contributed by atoms with Crippen molar-refractivity contribution in [1.82, 2.24) is 9.80 Å². The zero-order chi connectivity index (χ0) is 17.1. The van der Waals surface area contributed by atoms with Gasteiger partial charge in [-0.15, -0.1) is 0 Å². The fraction of sp³-hybridized carbons (Fsp3) is 0.556. The van der Waals surface area contributed by atoms with Gasteiger partial charge in [0.15, 0.2) is 0 Å². The first-order valence-electron chi connectivity index (χ1n) is 8.59. The highest BCUT2D eigenvalue weighted by Crippen LogP contribution is 2.26. The smallest absolute Gasteiger partial charge is 0.255 e. The third kappa shape index (κ3) is 3.94. The maximum absolute atomic E-state index is 12.7. The summed E-state index contributed by atoms with van der Waals surface area (Å²) in [5, 5.41) is 0.553. The van der Waals surface area contributed by atoms with Gasteiger partial charge in [0, 0.05) is 41.6 Å². The molecule has 3 rings (SSSR count). The maximum atomic E-state index is 12.7. The van der Waals surface area contributed by atoms with Gasteiger partial charge < -0.3 is 9.80 Å². The van der Waals surface area contributed by atoms with Crippen molar-refractivity contribution in [2.45, 2.75) is 32.1 Å². The lowest BCUT2D eigenvalue weighted by atomic mass is 9.94. The van der Waals surface area contributed by atoms with Gasteiger partial charge in [-0.1, -0.05) is 11.6 Å². The van der Waals surface area contributed by atoms with Crippen LogP contribution in [0.1, 0.15) is 42.5 Å². The molecule has 2 amide bonds. The molecule has 2 aliphatic heterocycles. The van der Waals surface area contributed by atoms with Crippen molar-refractivity contribution >= 4 is 39.3 Å². The van der Waals surface area contributed by atoms with E-state index in [1.807, 2.05) is 9.80 Å². The Morgan fingerprint density at radius 2 is 1.67 bits per heavy atom. The van der Waals surface area contributed by atoms with Crippen LogP contribution in [-0.2, 0) is 4.79 Å². The number of likely N-dealkylation sites (tertiary alicyclic amines) is 2. The van der Waals surface area contributed by atoms with E-state index in [2.05, 4.69) is 15.9 Å². The molecular formula is C18H22BrClN2O2. The van der Waals surface area contributed by atoms with Gasteiger partial charge in [0.1, 0.15) is 0 Å². The molecule has 2 fully saturated rings. The Labute approximate surface area is 156 Å². The summed E-state index contributed by atoms with van der Waals surface area (Å²) in [6.07, 6.45) is 4.96. The second-order valence-electron chi connectivity index (χ2n) is 6.58. The van der Waals surface area contributed by atoms with E-state index >= 15 is 0 Å². The SMILES string of the molecule is O=C(c1cc(Cl)ccc1Br)N1CCC(C(=O)N2CCCCC2)CC1. The molecule has 2 heterocycles. The molecule has 0 atom stereocenters. The molecule has 24 heavy (non-hydrogen) atoms. The van der Waals surface area contributed by atoms with Crippen LogP contribution < -0.4 is 0 Å². The highest BCUT2D eigenvalue weighted by molar-refractivity contribution is 9.10. The van der Waals surface area contributed by atoms with Gasteiger partial charge >= 0.3 is 0 Å². The van der Waals surface area contributed by atoms with Crippen molar-refractivity contribution in [1.29, 1.82) is 0 Å². The summed E-state index contributed by atoms with van der Waals surface area (Å²) < 4.78 is 0.753. The Morgan fingerprint density at radius 1 is 1.00 bits per heavy atom. The van der Waals surface area contributed by atoms with Gasteiger partial charge in [-0.2, -0.15) is 0 Å². The zero-order valence-corrected chi connectivity index (χ0v) is 16.0. The molecule has 0 radical (unpaired) electrons. The molecule has 0 unspecified atom stereocenters. The Hall–Kier alpha value is -1.07. The van der Waals surface area contributed by atoms with Crippen molar-refractivity contribution in [3.63, 3.8) is 0 Å². The molecule has 130 valence electrons. The minimum atomic E-state index is -0.0201. The Kier molecular flexibility index (Phi) is 5.82. The predicted molar refractivity (Wildman–Crippen MR) is 98.2 cm³/mol. The van der Waals surface area contributed by atoms with Crippen LogP contribution in [0.2, 0.25) is 5.02 Å². The molecule has 1 aromatic carbocycles. The van der Waals surface area contributed by atoms with E-state index in [4.69, 9.17) is 11.6 Å². The standard InChI is InChI=1S/C18H22BrClN2O2/c19-16-5-4-14(20)12-15(16)18(24)22-10-6-13(7-11-22)17(23)21-8-2-1-3-9-21/h4-5,12-13H,1-3,6-11H2. The molecule has 2 saturated heterocycles. The molecule has 0 N–H and O–H groups in total. The predicted octanol–water partition coefficient (Wildman–Crippen LogP) is 3.97. The Balaban J connectivity index is 1.59. The summed E-state index contributed by atoms with van der Waals surface area (Å²) in [6.45, 7) is 3.05. The lowest BCUT2D eigenvalue weighted by Crippen LogP contribution is -2.45. The summed E-state index contributed by atoms with van der Waals surface area (Å²) in [4.78, 5) is 29.1. The lowest BCUT2D eigenvalue weighted by Gasteiger charge is -2.35. The van der Waals surface area contributed by atoms with E-state index in [-0.39, 0.29) is 17.7 Å². The van der Waals surface area contributed by atoms with Crippen LogP contribution >= 0.6 is 27.5 Å². The van der Waals surface area contributed by atoms with E-state index in [1.165, 1.54) is 6.42 Å². The highest BCUT2D eigenvalue weighted by atomic mass is 79.9. The molecule has 1 aromatic rings. The Bertz CT molecular complexity index is 623. The number of rotatable bonds is 2. The average molecular weight is 414 g/mol. The molecule has 0 aliphatic carbocycles. The molecule has 2 aliphatic rings. The number of hydrogen-bond donors (Lipinski definition) is 0. The molecule has 0 bridgehead atoms. The van der Waals surface area contributed by atoms with Gasteiger partial charge in [-0.05, 0) is 66.2 Å². The van der Waals surface area contributed by atoms with Crippen LogP contribution in [0.3, 0.4) is 0 Å². The van der Waals surface area contributed by atoms with Crippen LogP contribution in [0.4, 0.5) is 0 Å². The number of nitrogens with zero attached hydrogens (tertiary/aromatic N) is 2. The van der Waals surface area contributed by atoms with Crippen LogP contribution in [0, 0.1) is 5.92 Å². The number of piperidine rings is 2. The third-order valence-corrected chi connectivity index (χ3v) is 5.88. The average Bonchev–Trinajstić information content (AvgIpc) is 2.63. The van der Waals surface area contributed by atoms with Gasteiger partial charge in [-0.25, -0.2) is 0 Å². The van der Waals surface area contributed by atoms with Crippen molar-refractivity contribution in [3.8, 4) is 0 Å². The van der Waals surface area contributed by atoms with Crippen molar-refractivity contribution < 1.29 is 9.59 Å². The maximum Gasteiger partial charge on any atom is 0.255 e. The van der Waals surface area contributed by atoms with Crippen LogP contribution in [0.15, 0.2) is 22.7 Å². The van der Waals surface area contributed by atoms with Crippen molar-refractivity contribution in [2.24, 2.45) is 5.92 Å². The summed E-state index contributed by atoms with van der Waals surface area (Å²) in [5.41, 5.74) is 0.586. The number of hydrogen-bond acceptors (Lipinski definition) is 2. The summed E-state index contributed by atoms with van der Waals surface area (Å²) >= 11 is 9.43. The zero-order valence-electron chi connectivity index (χ0n) is 13.6. The van der Waals surface area contributed by atoms with E-state index in [1.54, 1.807) is 18.2 Å². The van der Waals surface area contributed by atoms with E-state index < -0.39 is 0 Å². The summed E-state index contributed by atoms with van der Waals surface area (Å²) in [5.74, 6) is 0.328. The number of halogens is 2. The monoisotopic (exact) mass is 412 g/mol. The largest absolute Gasteiger partial charge is 0.342 e. The van der Waals surface area contributed by atoms with Gasteiger partial charge in [0.25, 0.3) is 5.91 Å². The normalized spacial score (nSPS) is 19.4. The van der Waals surface area contributed by atoms with Gasteiger partial charge in [0.2, 0.25) is 5.91 Å². The molecular weight excluding hydrogens is 392 g/mol. The molecule has 4 nitrogen and oxygen atoms in total. The first-order valence-corrected chi connectivity index (χ1v) is 9.76. The van der Waals surface area contributed by atoms with Crippen molar-refractivity contribution in [2.75, 3.05) is 26.2 Å². The van der Waals surface area contributed by atoms with Crippen molar-refractivity contribution in [3.05, 3.63) is 33.3 Å². The first kappa shape index (κ1) is 17.7. The number of carbonyl (C=O) groups is 2. The van der Waals surface area contributed by atoms with Gasteiger partial charge in [-0.3, -0.25) is 9.59 Å². The highest BCUT2D eigenvalue weighted by Gasteiger charge is 2.31. The second kappa shape index (κ2) is 7.87. The van der Waals surface area contributed by atoms with Gasteiger partial charge in [0.05, 0.1) is 5.56 Å². The van der Waals surface area contributed by atoms with E-state index in [0.29, 0.717) is 23.7 Å². The number of carbonyl (C=O) groups excluding carboxylic acids is 2. The minimum absolute atomic E-state index is 0.0201. The molecule has 0 spiro atoms. The van der Waals surface area contributed by atoms with Crippen LogP contribution in [-0.4, -0.2) is 47.8 Å². The molecule has 6 heteroatoms. The first-order chi connectivity index (χ1) is 11.6. The number of benzene rings is 1. The quantitative estimate of drug-likeness (QED) is 0.736. The van der Waals surface area contributed by atoms with Crippen LogP contribution in [0.5, 0.6) is 0 Å². The fourth-order valence-electron chi connectivity index (χ4n) is 3.53. The van der Waals surface area contributed by atoms with E-state index in [0.717, 1.165) is 43.2 Å². The molecule has 0 saturated carbocycles. The minimum Gasteiger partial charge on any atom is -0.342 e. The second-order valence-corrected chi connectivity index (χ2v) is 7.87. The molecule has 0 aromatic heterocycles. The lowest BCUT2D eigenvalue weighted by molar-refractivity contribution is -0.137.